The Morgan fingerprint density at radius 1 is 1.64 bits per heavy atom. The van der Waals surface area contributed by atoms with Crippen molar-refractivity contribution in [3.05, 3.63) is 24.5 Å². The van der Waals surface area contributed by atoms with Crippen LogP contribution >= 0.6 is 12.4 Å². The van der Waals surface area contributed by atoms with E-state index in [1.165, 1.54) is 12.5 Å². The lowest BCUT2D eigenvalue weighted by atomic mass is 10.5. The standard InChI is InChI=1S/C6H8N2OS.ClH/c1-10(7,9)6-3-2-4-8-5-6;/h2-5,7H,1H3;1H. The third-order valence-electron chi connectivity index (χ3n) is 1.08. The first-order valence-corrected chi connectivity index (χ1v) is 4.71. The molecule has 0 aliphatic heterocycles. The normalized spacial score (nSPS) is 14.6. The van der Waals surface area contributed by atoms with Crippen LogP contribution in [0.3, 0.4) is 0 Å². The zero-order valence-electron chi connectivity index (χ0n) is 5.98. The quantitative estimate of drug-likeness (QED) is 0.734. The second kappa shape index (κ2) is 3.69. The van der Waals surface area contributed by atoms with Crippen LogP contribution in [-0.4, -0.2) is 15.4 Å². The molecule has 62 valence electrons. The fourth-order valence-electron chi connectivity index (χ4n) is 0.578. The summed E-state index contributed by atoms with van der Waals surface area (Å²) in [6, 6.07) is 3.31. The molecule has 0 radical (unpaired) electrons. The molecule has 1 N–H and O–H groups in total. The molecule has 11 heavy (non-hydrogen) atoms. The zero-order chi connectivity index (χ0) is 7.61. The predicted molar refractivity (Wildman–Crippen MR) is 46.5 cm³/mol. The smallest absolute Gasteiger partial charge is 0.0712 e. The van der Waals surface area contributed by atoms with Crippen molar-refractivity contribution >= 4 is 22.1 Å². The maximum Gasteiger partial charge on any atom is 0.0712 e. The molecule has 0 amide bonds. The Morgan fingerprint density at radius 3 is 2.55 bits per heavy atom. The number of rotatable bonds is 1. The van der Waals surface area contributed by atoms with Gasteiger partial charge in [0.2, 0.25) is 0 Å². The Labute approximate surface area is 72.2 Å². The molecule has 0 spiro atoms. The van der Waals surface area contributed by atoms with Gasteiger partial charge in [0.25, 0.3) is 0 Å². The molecule has 0 bridgehead atoms. The van der Waals surface area contributed by atoms with E-state index in [-0.39, 0.29) is 12.4 Å². The van der Waals surface area contributed by atoms with Crippen molar-refractivity contribution < 1.29 is 4.21 Å². The third-order valence-corrected chi connectivity index (χ3v) is 2.23. The fourth-order valence-corrected chi connectivity index (χ4v) is 1.18. The average molecular weight is 193 g/mol. The van der Waals surface area contributed by atoms with Crippen LogP contribution in [-0.2, 0) is 9.73 Å². The molecule has 0 saturated heterocycles. The number of aromatic nitrogens is 1. The highest BCUT2D eigenvalue weighted by atomic mass is 35.5. The molecule has 0 fully saturated rings. The Kier molecular flexibility index (Phi) is 3.48. The monoisotopic (exact) mass is 192 g/mol. The number of nitrogens with one attached hydrogen (secondary N) is 1. The number of hydrogen-bond acceptors (Lipinski definition) is 3. The number of pyridine rings is 1. The minimum atomic E-state index is -2.57. The Bertz CT molecular complexity index is 309. The topological polar surface area (TPSA) is 53.8 Å². The van der Waals surface area contributed by atoms with Gasteiger partial charge in [-0.3, -0.25) is 4.98 Å². The summed E-state index contributed by atoms with van der Waals surface area (Å²) >= 11 is 0. The average Bonchev–Trinajstić information content (AvgIpc) is 1.88. The summed E-state index contributed by atoms with van der Waals surface area (Å²) in [7, 11) is -2.57. The van der Waals surface area contributed by atoms with Crippen molar-refractivity contribution in [2.45, 2.75) is 4.90 Å². The molecule has 0 aliphatic rings. The van der Waals surface area contributed by atoms with E-state index < -0.39 is 9.73 Å². The van der Waals surface area contributed by atoms with Crippen molar-refractivity contribution in [3.8, 4) is 0 Å². The van der Waals surface area contributed by atoms with Crippen LogP contribution in [0.25, 0.3) is 0 Å². The Balaban J connectivity index is 0.000001000. The first-order valence-electron chi connectivity index (χ1n) is 2.74. The van der Waals surface area contributed by atoms with Gasteiger partial charge in [-0.1, -0.05) is 0 Å². The van der Waals surface area contributed by atoms with Gasteiger partial charge < -0.3 is 0 Å². The van der Waals surface area contributed by atoms with Crippen molar-refractivity contribution in [1.82, 2.24) is 4.98 Å². The first-order chi connectivity index (χ1) is 4.61. The van der Waals surface area contributed by atoms with Crippen LogP contribution in [0.15, 0.2) is 29.4 Å². The second-order valence-corrected chi connectivity index (χ2v) is 4.19. The van der Waals surface area contributed by atoms with Crippen molar-refractivity contribution in [3.63, 3.8) is 0 Å². The number of nitrogens with zero attached hydrogens (tertiary/aromatic N) is 1. The summed E-state index contributed by atoms with van der Waals surface area (Å²) in [6.45, 7) is 0. The highest BCUT2D eigenvalue weighted by Gasteiger charge is 1.99. The van der Waals surface area contributed by atoms with E-state index in [9.17, 15) is 4.21 Å². The molecule has 1 rings (SSSR count). The Morgan fingerprint density at radius 2 is 2.27 bits per heavy atom. The summed E-state index contributed by atoms with van der Waals surface area (Å²) in [6.07, 6.45) is 4.42. The maximum atomic E-state index is 11.0. The first kappa shape index (κ1) is 10.4. The molecular weight excluding hydrogens is 184 g/mol. The van der Waals surface area contributed by atoms with Crippen molar-refractivity contribution in [2.75, 3.05) is 6.26 Å². The van der Waals surface area contributed by atoms with Gasteiger partial charge in [0.1, 0.15) is 0 Å². The molecule has 1 unspecified atom stereocenters. The van der Waals surface area contributed by atoms with E-state index in [2.05, 4.69) is 4.98 Å². The summed E-state index contributed by atoms with van der Waals surface area (Å²) in [5.74, 6) is 0. The van der Waals surface area contributed by atoms with E-state index in [0.29, 0.717) is 4.90 Å². The van der Waals surface area contributed by atoms with Gasteiger partial charge >= 0.3 is 0 Å². The van der Waals surface area contributed by atoms with Crippen LogP contribution in [0.5, 0.6) is 0 Å². The fraction of sp³-hybridized carbons (Fsp3) is 0.167. The summed E-state index contributed by atoms with van der Waals surface area (Å²) in [5, 5.41) is 0. The summed E-state index contributed by atoms with van der Waals surface area (Å²) in [4.78, 5) is 4.23. The summed E-state index contributed by atoms with van der Waals surface area (Å²) in [5.41, 5.74) is 0. The lowest BCUT2D eigenvalue weighted by molar-refractivity contribution is 0.678. The predicted octanol–water partition coefficient (Wildman–Crippen LogP) is 1.54. The SMILES string of the molecule is CS(=N)(=O)c1cccnc1.Cl. The van der Waals surface area contributed by atoms with Crippen LogP contribution in [0.4, 0.5) is 0 Å². The highest BCUT2D eigenvalue weighted by molar-refractivity contribution is 7.91. The van der Waals surface area contributed by atoms with Crippen LogP contribution in [0.1, 0.15) is 0 Å². The zero-order valence-corrected chi connectivity index (χ0v) is 7.61. The van der Waals surface area contributed by atoms with Crippen LogP contribution in [0, 0.1) is 4.78 Å². The van der Waals surface area contributed by atoms with Gasteiger partial charge in [-0.2, -0.15) is 0 Å². The third kappa shape index (κ3) is 2.86. The van der Waals surface area contributed by atoms with E-state index in [4.69, 9.17) is 4.78 Å². The van der Waals surface area contributed by atoms with Gasteiger partial charge in [-0.05, 0) is 12.1 Å². The van der Waals surface area contributed by atoms with E-state index in [1.54, 1.807) is 18.3 Å². The number of hydrogen-bond donors (Lipinski definition) is 1. The molecule has 5 heteroatoms. The molecule has 0 aromatic carbocycles. The highest BCUT2D eigenvalue weighted by Crippen LogP contribution is 2.04. The second-order valence-electron chi connectivity index (χ2n) is 2.03. The Hall–Kier alpha value is -0.610. The lowest BCUT2D eigenvalue weighted by Crippen LogP contribution is -1.94. The molecule has 3 nitrogen and oxygen atoms in total. The molecule has 0 saturated carbocycles. The van der Waals surface area contributed by atoms with Crippen LogP contribution < -0.4 is 0 Å². The molecular formula is C6H9ClN2OS. The van der Waals surface area contributed by atoms with Gasteiger partial charge in [0.05, 0.1) is 14.6 Å². The van der Waals surface area contributed by atoms with Crippen molar-refractivity contribution in [1.29, 1.82) is 4.78 Å². The van der Waals surface area contributed by atoms with Gasteiger partial charge in [-0.15, -0.1) is 12.4 Å². The van der Waals surface area contributed by atoms with Gasteiger partial charge in [0.15, 0.2) is 0 Å². The number of halogens is 1. The molecule has 1 atom stereocenters. The summed E-state index contributed by atoms with van der Waals surface area (Å²) < 4.78 is 18.2. The lowest BCUT2D eigenvalue weighted by Gasteiger charge is -1.96. The molecule has 1 heterocycles. The van der Waals surface area contributed by atoms with E-state index in [0.717, 1.165) is 0 Å². The van der Waals surface area contributed by atoms with Gasteiger partial charge in [0, 0.05) is 18.6 Å². The molecule has 1 aromatic heterocycles. The van der Waals surface area contributed by atoms with E-state index in [1.807, 2.05) is 0 Å². The largest absolute Gasteiger partial charge is 0.263 e. The van der Waals surface area contributed by atoms with E-state index >= 15 is 0 Å². The maximum absolute atomic E-state index is 11.0. The molecule has 0 aliphatic carbocycles. The minimum absolute atomic E-state index is 0. The van der Waals surface area contributed by atoms with Crippen LogP contribution in [0.2, 0.25) is 0 Å². The molecule has 1 aromatic rings. The van der Waals surface area contributed by atoms with Crippen molar-refractivity contribution in [2.24, 2.45) is 0 Å². The minimum Gasteiger partial charge on any atom is -0.263 e. The van der Waals surface area contributed by atoms with Gasteiger partial charge in [-0.25, -0.2) is 8.99 Å².